The Bertz CT molecular complexity index is 884. The fourth-order valence-electron chi connectivity index (χ4n) is 2.30. The first kappa shape index (κ1) is 14.8. The first-order valence-electron chi connectivity index (χ1n) is 7.01. The zero-order valence-corrected chi connectivity index (χ0v) is 12.5. The van der Waals surface area contributed by atoms with E-state index in [1.807, 2.05) is 0 Å². The van der Waals surface area contributed by atoms with Crippen LogP contribution in [0.5, 0.6) is 5.75 Å². The first-order chi connectivity index (χ1) is 11.2. The van der Waals surface area contributed by atoms with Crippen molar-refractivity contribution >= 4 is 16.9 Å². The number of H-pyrrole nitrogens is 1. The molecule has 0 radical (unpaired) electrons. The lowest BCUT2D eigenvalue weighted by molar-refractivity contribution is -0.120. The molecule has 0 fully saturated rings. The Labute approximate surface area is 131 Å². The molecular weight excluding hydrogens is 298 g/mol. The van der Waals surface area contributed by atoms with Crippen molar-refractivity contribution in [2.24, 2.45) is 0 Å². The van der Waals surface area contributed by atoms with Gasteiger partial charge >= 0.3 is 5.63 Å². The molecule has 0 saturated carbocycles. The van der Waals surface area contributed by atoms with E-state index in [0.717, 1.165) is 5.69 Å². The van der Waals surface area contributed by atoms with E-state index in [4.69, 9.17) is 9.15 Å². The Morgan fingerprint density at radius 2 is 2.22 bits per heavy atom. The zero-order chi connectivity index (χ0) is 16.2. The Morgan fingerprint density at radius 1 is 1.35 bits per heavy atom. The van der Waals surface area contributed by atoms with Crippen molar-refractivity contribution in [1.29, 1.82) is 0 Å². The number of carbonyl (C=O) groups is 1. The van der Waals surface area contributed by atoms with Crippen LogP contribution in [0.3, 0.4) is 0 Å². The van der Waals surface area contributed by atoms with Crippen molar-refractivity contribution < 1.29 is 13.9 Å². The van der Waals surface area contributed by atoms with E-state index in [2.05, 4.69) is 15.5 Å². The number of aromatic nitrogens is 2. The summed E-state index contributed by atoms with van der Waals surface area (Å²) in [4.78, 5) is 23.8. The molecule has 23 heavy (non-hydrogen) atoms. The highest BCUT2D eigenvalue weighted by atomic mass is 16.5. The lowest BCUT2D eigenvalue weighted by Gasteiger charge is -2.07. The van der Waals surface area contributed by atoms with Gasteiger partial charge in [0, 0.05) is 23.7 Å². The molecule has 0 aliphatic rings. The van der Waals surface area contributed by atoms with Crippen LogP contribution < -0.4 is 15.7 Å². The molecule has 2 heterocycles. The van der Waals surface area contributed by atoms with E-state index in [9.17, 15) is 9.59 Å². The van der Waals surface area contributed by atoms with Gasteiger partial charge in [-0.25, -0.2) is 4.79 Å². The van der Waals surface area contributed by atoms with Crippen LogP contribution in [-0.2, 0) is 17.8 Å². The minimum Gasteiger partial charge on any atom is -0.497 e. The van der Waals surface area contributed by atoms with E-state index in [-0.39, 0.29) is 12.3 Å². The summed E-state index contributed by atoms with van der Waals surface area (Å²) in [6, 6.07) is 8.27. The van der Waals surface area contributed by atoms with E-state index in [0.29, 0.717) is 28.8 Å². The van der Waals surface area contributed by atoms with Crippen LogP contribution in [0.25, 0.3) is 11.0 Å². The molecule has 118 valence electrons. The molecule has 0 saturated heterocycles. The molecule has 0 bridgehead atoms. The number of hydrogen-bond acceptors (Lipinski definition) is 5. The minimum atomic E-state index is -0.498. The van der Waals surface area contributed by atoms with Gasteiger partial charge in [0.1, 0.15) is 11.3 Å². The second kappa shape index (κ2) is 6.35. The minimum absolute atomic E-state index is 0.0859. The largest absolute Gasteiger partial charge is 0.497 e. The van der Waals surface area contributed by atoms with E-state index >= 15 is 0 Å². The van der Waals surface area contributed by atoms with Gasteiger partial charge in [0.25, 0.3) is 0 Å². The Morgan fingerprint density at radius 3 is 2.96 bits per heavy atom. The molecule has 2 aromatic heterocycles. The lowest BCUT2D eigenvalue weighted by Crippen LogP contribution is -2.25. The summed E-state index contributed by atoms with van der Waals surface area (Å²) in [5, 5.41) is 10.1. The van der Waals surface area contributed by atoms with Gasteiger partial charge in [-0.15, -0.1) is 0 Å². The van der Waals surface area contributed by atoms with E-state index in [1.54, 1.807) is 30.5 Å². The number of ether oxygens (including phenoxy) is 1. The SMILES string of the molecule is COc1ccc2c(CC(=O)NCc3ccn[nH]3)cc(=O)oc2c1. The maximum absolute atomic E-state index is 12.1. The van der Waals surface area contributed by atoms with Crippen LogP contribution >= 0.6 is 0 Å². The molecule has 7 heteroatoms. The number of nitrogens with one attached hydrogen (secondary N) is 2. The van der Waals surface area contributed by atoms with Gasteiger partial charge in [-0.3, -0.25) is 9.89 Å². The van der Waals surface area contributed by atoms with Gasteiger partial charge in [-0.1, -0.05) is 0 Å². The maximum Gasteiger partial charge on any atom is 0.336 e. The summed E-state index contributed by atoms with van der Waals surface area (Å²) in [5.41, 5.74) is 1.32. The average molecular weight is 313 g/mol. The Balaban J connectivity index is 1.81. The topological polar surface area (TPSA) is 97.2 Å². The lowest BCUT2D eigenvalue weighted by atomic mass is 10.1. The average Bonchev–Trinajstić information content (AvgIpc) is 3.05. The number of amides is 1. The van der Waals surface area contributed by atoms with Gasteiger partial charge in [0.05, 0.1) is 25.8 Å². The molecule has 3 aromatic rings. The summed E-state index contributed by atoms with van der Waals surface area (Å²) in [7, 11) is 1.53. The molecule has 0 aliphatic heterocycles. The highest BCUT2D eigenvalue weighted by Crippen LogP contribution is 2.22. The molecule has 3 rings (SSSR count). The van der Waals surface area contributed by atoms with Crippen LogP contribution in [-0.4, -0.2) is 23.2 Å². The summed E-state index contributed by atoms with van der Waals surface area (Å²) < 4.78 is 10.3. The van der Waals surface area contributed by atoms with Gasteiger partial charge in [0.2, 0.25) is 5.91 Å². The Hall–Kier alpha value is -3.09. The number of methoxy groups -OCH3 is 1. The fraction of sp³-hybridized carbons (Fsp3) is 0.188. The molecule has 7 nitrogen and oxygen atoms in total. The van der Waals surface area contributed by atoms with Gasteiger partial charge in [0.15, 0.2) is 0 Å². The zero-order valence-electron chi connectivity index (χ0n) is 12.5. The van der Waals surface area contributed by atoms with Gasteiger partial charge in [-0.05, 0) is 23.8 Å². The first-order valence-corrected chi connectivity index (χ1v) is 7.01. The van der Waals surface area contributed by atoms with E-state index in [1.165, 1.54) is 13.2 Å². The number of nitrogens with zero attached hydrogens (tertiary/aromatic N) is 1. The van der Waals surface area contributed by atoms with E-state index < -0.39 is 5.63 Å². The standard InChI is InChI=1S/C16H15N3O4/c1-22-12-2-3-13-10(7-16(21)23-14(13)8-12)6-15(20)17-9-11-4-5-18-19-11/h2-5,7-8H,6,9H2,1H3,(H,17,20)(H,18,19). The highest BCUT2D eigenvalue weighted by molar-refractivity contribution is 5.87. The Kier molecular flexibility index (Phi) is 4.09. The molecule has 0 aliphatic carbocycles. The number of fused-ring (bicyclic) bond motifs is 1. The third-order valence-electron chi connectivity index (χ3n) is 3.42. The van der Waals surface area contributed by atoms with Gasteiger partial charge in [-0.2, -0.15) is 5.10 Å². The summed E-state index contributed by atoms with van der Waals surface area (Å²) in [6.45, 7) is 0.353. The number of rotatable bonds is 5. The molecule has 0 spiro atoms. The number of benzene rings is 1. The third-order valence-corrected chi connectivity index (χ3v) is 3.42. The summed E-state index contributed by atoms with van der Waals surface area (Å²) >= 11 is 0. The van der Waals surface area contributed by atoms with Crippen LogP contribution in [0, 0.1) is 0 Å². The smallest absolute Gasteiger partial charge is 0.336 e. The van der Waals surface area contributed by atoms with Crippen molar-refractivity contribution in [3.05, 3.63) is 58.2 Å². The maximum atomic E-state index is 12.1. The molecule has 1 aromatic carbocycles. The van der Waals surface area contributed by atoms with Crippen molar-refractivity contribution in [2.45, 2.75) is 13.0 Å². The quantitative estimate of drug-likeness (QED) is 0.694. The van der Waals surface area contributed by atoms with Crippen LogP contribution in [0.1, 0.15) is 11.3 Å². The van der Waals surface area contributed by atoms with Crippen molar-refractivity contribution in [2.75, 3.05) is 7.11 Å². The van der Waals surface area contributed by atoms with Crippen molar-refractivity contribution in [3.8, 4) is 5.75 Å². The van der Waals surface area contributed by atoms with Crippen molar-refractivity contribution in [3.63, 3.8) is 0 Å². The second-order valence-corrected chi connectivity index (χ2v) is 4.99. The summed E-state index contributed by atoms with van der Waals surface area (Å²) in [5.74, 6) is 0.392. The number of hydrogen-bond donors (Lipinski definition) is 2. The van der Waals surface area contributed by atoms with Crippen molar-refractivity contribution in [1.82, 2.24) is 15.5 Å². The van der Waals surface area contributed by atoms with Crippen LogP contribution in [0.4, 0.5) is 0 Å². The van der Waals surface area contributed by atoms with Crippen LogP contribution in [0.15, 0.2) is 45.7 Å². The monoisotopic (exact) mass is 313 g/mol. The molecule has 0 unspecified atom stereocenters. The second-order valence-electron chi connectivity index (χ2n) is 4.99. The molecule has 2 N–H and O–H groups in total. The normalized spacial score (nSPS) is 10.7. The number of aromatic amines is 1. The molecular formula is C16H15N3O4. The van der Waals surface area contributed by atoms with Crippen LogP contribution in [0.2, 0.25) is 0 Å². The molecule has 1 amide bonds. The fourth-order valence-corrected chi connectivity index (χ4v) is 2.30. The summed E-state index contributed by atoms with van der Waals surface area (Å²) in [6.07, 6.45) is 1.70. The van der Waals surface area contributed by atoms with Gasteiger partial charge < -0.3 is 14.5 Å². The predicted octanol–water partition coefficient (Wildman–Crippen LogP) is 1.38. The predicted molar refractivity (Wildman–Crippen MR) is 83.2 cm³/mol. The number of carbonyl (C=O) groups excluding carboxylic acids is 1. The highest BCUT2D eigenvalue weighted by Gasteiger charge is 2.11. The molecule has 0 atom stereocenters. The third kappa shape index (κ3) is 3.39.